The van der Waals surface area contributed by atoms with Gasteiger partial charge in [-0.2, -0.15) is 5.10 Å². The Morgan fingerprint density at radius 2 is 1.85 bits per heavy atom. The summed E-state index contributed by atoms with van der Waals surface area (Å²) in [4.78, 5) is 16.7. The third kappa shape index (κ3) is 4.00. The van der Waals surface area contributed by atoms with Gasteiger partial charge in [-0.15, -0.1) is 0 Å². The SMILES string of the molecule is COc1cc(OC)c(CNC(=O)c2ccc(-n3cccn3)nc2)c(OC)c1. The van der Waals surface area contributed by atoms with Crippen molar-refractivity contribution in [2.75, 3.05) is 21.3 Å². The molecule has 2 aromatic heterocycles. The van der Waals surface area contributed by atoms with Crippen molar-refractivity contribution in [3.63, 3.8) is 0 Å². The molecule has 0 atom stereocenters. The van der Waals surface area contributed by atoms with Crippen LogP contribution in [0.15, 0.2) is 48.9 Å². The number of hydrogen-bond donors (Lipinski definition) is 1. The second-order valence-corrected chi connectivity index (χ2v) is 5.55. The summed E-state index contributed by atoms with van der Waals surface area (Å²) in [5.74, 6) is 2.12. The van der Waals surface area contributed by atoms with Gasteiger partial charge in [0, 0.05) is 30.7 Å². The minimum atomic E-state index is -0.255. The highest BCUT2D eigenvalue weighted by atomic mass is 16.5. The summed E-state index contributed by atoms with van der Waals surface area (Å²) < 4.78 is 17.6. The first-order valence-corrected chi connectivity index (χ1v) is 8.19. The van der Waals surface area contributed by atoms with Gasteiger partial charge in [0.15, 0.2) is 5.82 Å². The normalized spacial score (nSPS) is 10.3. The molecule has 140 valence electrons. The van der Waals surface area contributed by atoms with Crippen molar-refractivity contribution in [3.05, 3.63) is 60.0 Å². The third-order valence-corrected chi connectivity index (χ3v) is 3.99. The second kappa shape index (κ2) is 8.22. The van der Waals surface area contributed by atoms with Crippen LogP contribution in [0.2, 0.25) is 0 Å². The van der Waals surface area contributed by atoms with Crippen LogP contribution in [0.5, 0.6) is 17.2 Å². The smallest absolute Gasteiger partial charge is 0.253 e. The minimum absolute atomic E-state index is 0.232. The summed E-state index contributed by atoms with van der Waals surface area (Å²) in [7, 11) is 4.67. The molecule has 2 heterocycles. The monoisotopic (exact) mass is 368 g/mol. The summed E-state index contributed by atoms with van der Waals surface area (Å²) in [6.45, 7) is 0.232. The molecule has 8 heteroatoms. The van der Waals surface area contributed by atoms with Crippen LogP contribution >= 0.6 is 0 Å². The second-order valence-electron chi connectivity index (χ2n) is 5.55. The Kier molecular flexibility index (Phi) is 5.55. The first-order valence-electron chi connectivity index (χ1n) is 8.19. The fourth-order valence-electron chi connectivity index (χ4n) is 2.58. The number of hydrogen-bond acceptors (Lipinski definition) is 6. The third-order valence-electron chi connectivity index (χ3n) is 3.99. The molecule has 3 aromatic rings. The molecule has 1 aromatic carbocycles. The number of pyridine rings is 1. The Labute approximate surface area is 156 Å². The minimum Gasteiger partial charge on any atom is -0.496 e. The summed E-state index contributed by atoms with van der Waals surface area (Å²) in [6, 6.07) is 8.71. The van der Waals surface area contributed by atoms with Crippen molar-refractivity contribution in [2.24, 2.45) is 0 Å². The maximum atomic E-state index is 12.5. The fraction of sp³-hybridized carbons (Fsp3) is 0.211. The molecule has 0 spiro atoms. The summed E-state index contributed by atoms with van der Waals surface area (Å²) in [5.41, 5.74) is 1.16. The highest BCUT2D eigenvalue weighted by Crippen LogP contribution is 2.33. The van der Waals surface area contributed by atoms with E-state index in [1.165, 1.54) is 6.20 Å². The lowest BCUT2D eigenvalue weighted by molar-refractivity contribution is 0.0950. The van der Waals surface area contributed by atoms with Gasteiger partial charge in [0.25, 0.3) is 5.91 Å². The van der Waals surface area contributed by atoms with Crippen molar-refractivity contribution in [1.82, 2.24) is 20.1 Å². The number of rotatable bonds is 7. The van der Waals surface area contributed by atoms with Crippen molar-refractivity contribution < 1.29 is 19.0 Å². The molecule has 0 aliphatic carbocycles. The Morgan fingerprint density at radius 1 is 1.11 bits per heavy atom. The molecule has 0 saturated heterocycles. The van der Waals surface area contributed by atoms with Crippen LogP contribution in [0.3, 0.4) is 0 Å². The zero-order valence-corrected chi connectivity index (χ0v) is 15.3. The molecule has 0 aliphatic rings. The summed E-state index contributed by atoms with van der Waals surface area (Å²) in [6.07, 6.45) is 4.96. The molecule has 27 heavy (non-hydrogen) atoms. The predicted molar refractivity (Wildman–Crippen MR) is 98.6 cm³/mol. The van der Waals surface area contributed by atoms with Gasteiger partial charge in [-0.25, -0.2) is 9.67 Å². The Balaban J connectivity index is 1.74. The Morgan fingerprint density at radius 3 is 2.37 bits per heavy atom. The average Bonchev–Trinajstić information content (AvgIpc) is 3.26. The van der Waals surface area contributed by atoms with E-state index in [0.29, 0.717) is 28.6 Å². The van der Waals surface area contributed by atoms with Gasteiger partial charge in [-0.3, -0.25) is 4.79 Å². The molecular weight excluding hydrogens is 348 g/mol. The van der Waals surface area contributed by atoms with Crippen LogP contribution in [0.25, 0.3) is 5.82 Å². The van der Waals surface area contributed by atoms with Gasteiger partial charge in [-0.1, -0.05) is 0 Å². The van der Waals surface area contributed by atoms with Crippen molar-refractivity contribution >= 4 is 5.91 Å². The molecule has 0 bridgehead atoms. The standard InChI is InChI=1S/C19H20N4O4/c1-25-14-9-16(26-2)15(17(10-14)27-3)12-21-19(24)13-5-6-18(20-11-13)23-8-4-7-22-23/h4-11H,12H2,1-3H3,(H,21,24). The quantitative estimate of drug-likeness (QED) is 0.688. The lowest BCUT2D eigenvalue weighted by Gasteiger charge is -2.15. The van der Waals surface area contributed by atoms with Crippen molar-refractivity contribution in [1.29, 1.82) is 0 Å². The molecule has 3 rings (SSSR count). The molecule has 0 aliphatic heterocycles. The number of carbonyl (C=O) groups is 1. The van der Waals surface area contributed by atoms with E-state index in [1.807, 2.05) is 0 Å². The van der Waals surface area contributed by atoms with E-state index in [-0.39, 0.29) is 12.5 Å². The average molecular weight is 368 g/mol. The summed E-state index contributed by atoms with van der Waals surface area (Å²) in [5, 5.41) is 6.96. The van der Waals surface area contributed by atoms with Crippen LogP contribution in [0, 0.1) is 0 Å². The molecule has 0 fully saturated rings. The number of nitrogens with one attached hydrogen (secondary N) is 1. The zero-order valence-electron chi connectivity index (χ0n) is 15.3. The maximum absolute atomic E-state index is 12.5. The fourth-order valence-corrected chi connectivity index (χ4v) is 2.58. The zero-order chi connectivity index (χ0) is 19.2. The summed E-state index contributed by atoms with van der Waals surface area (Å²) >= 11 is 0. The molecule has 1 N–H and O–H groups in total. The molecule has 0 unspecified atom stereocenters. The molecule has 1 amide bonds. The van der Waals surface area contributed by atoms with Crippen molar-refractivity contribution in [2.45, 2.75) is 6.54 Å². The number of methoxy groups -OCH3 is 3. The Hall–Kier alpha value is -3.55. The number of amides is 1. The van der Waals surface area contributed by atoms with E-state index in [1.54, 1.807) is 68.7 Å². The van der Waals surface area contributed by atoms with Crippen LogP contribution in [-0.4, -0.2) is 42.0 Å². The van der Waals surface area contributed by atoms with Gasteiger partial charge in [0.2, 0.25) is 0 Å². The van der Waals surface area contributed by atoms with E-state index < -0.39 is 0 Å². The largest absolute Gasteiger partial charge is 0.496 e. The molecular formula is C19H20N4O4. The predicted octanol–water partition coefficient (Wildman–Crippen LogP) is 2.22. The number of benzene rings is 1. The number of ether oxygens (including phenoxy) is 3. The van der Waals surface area contributed by atoms with Gasteiger partial charge in [0.1, 0.15) is 17.2 Å². The van der Waals surface area contributed by atoms with E-state index in [0.717, 1.165) is 5.56 Å². The first kappa shape index (κ1) is 18.2. The van der Waals surface area contributed by atoms with Crippen LogP contribution in [0.4, 0.5) is 0 Å². The number of nitrogens with zero attached hydrogens (tertiary/aromatic N) is 3. The van der Waals surface area contributed by atoms with Crippen LogP contribution in [-0.2, 0) is 6.54 Å². The topological polar surface area (TPSA) is 87.5 Å². The molecule has 0 saturated carbocycles. The highest BCUT2D eigenvalue weighted by Gasteiger charge is 2.15. The lowest BCUT2D eigenvalue weighted by Crippen LogP contribution is -2.23. The highest BCUT2D eigenvalue weighted by molar-refractivity contribution is 5.94. The lowest BCUT2D eigenvalue weighted by atomic mass is 10.1. The van der Waals surface area contributed by atoms with Crippen LogP contribution < -0.4 is 19.5 Å². The van der Waals surface area contributed by atoms with Gasteiger partial charge >= 0.3 is 0 Å². The van der Waals surface area contributed by atoms with E-state index in [2.05, 4.69) is 15.4 Å². The van der Waals surface area contributed by atoms with E-state index in [4.69, 9.17) is 14.2 Å². The van der Waals surface area contributed by atoms with Crippen molar-refractivity contribution in [3.8, 4) is 23.1 Å². The van der Waals surface area contributed by atoms with Gasteiger partial charge in [0.05, 0.1) is 39.0 Å². The maximum Gasteiger partial charge on any atom is 0.253 e. The van der Waals surface area contributed by atoms with Crippen LogP contribution in [0.1, 0.15) is 15.9 Å². The number of aromatic nitrogens is 3. The first-order chi connectivity index (χ1) is 13.2. The number of carbonyl (C=O) groups excluding carboxylic acids is 1. The van der Waals surface area contributed by atoms with E-state index >= 15 is 0 Å². The molecule has 0 radical (unpaired) electrons. The van der Waals surface area contributed by atoms with Gasteiger partial charge in [-0.05, 0) is 18.2 Å². The van der Waals surface area contributed by atoms with Gasteiger partial charge < -0.3 is 19.5 Å². The Bertz CT molecular complexity index is 883. The molecule has 8 nitrogen and oxygen atoms in total. The van der Waals surface area contributed by atoms with E-state index in [9.17, 15) is 4.79 Å².